The molecule has 0 radical (unpaired) electrons. The molecular formula is C13H16O3. The first-order chi connectivity index (χ1) is 7.69. The van der Waals surface area contributed by atoms with Crippen LogP contribution in [0.15, 0.2) is 29.8 Å². The van der Waals surface area contributed by atoms with Crippen molar-refractivity contribution < 1.29 is 14.6 Å². The van der Waals surface area contributed by atoms with E-state index in [1.165, 1.54) is 0 Å². The fraction of sp³-hybridized carbons (Fsp3) is 0.308. The van der Waals surface area contributed by atoms with Crippen molar-refractivity contribution in [3.8, 4) is 5.75 Å². The second-order valence-corrected chi connectivity index (χ2v) is 3.30. The fourth-order valence-corrected chi connectivity index (χ4v) is 1.39. The Morgan fingerprint density at radius 3 is 2.62 bits per heavy atom. The molecule has 86 valence electrons. The fourth-order valence-electron chi connectivity index (χ4n) is 1.39. The lowest BCUT2D eigenvalue weighted by Crippen LogP contribution is -2.00. The lowest BCUT2D eigenvalue weighted by Gasteiger charge is -2.07. The number of carboxylic acids is 1. The van der Waals surface area contributed by atoms with Gasteiger partial charge in [-0.25, -0.2) is 4.79 Å². The van der Waals surface area contributed by atoms with Gasteiger partial charge in [0.15, 0.2) is 0 Å². The summed E-state index contributed by atoms with van der Waals surface area (Å²) in [5.74, 6) is -0.161. The third-order valence-electron chi connectivity index (χ3n) is 2.20. The molecule has 1 N–H and O–H groups in total. The van der Waals surface area contributed by atoms with E-state index in [2.05, 4.69) is 0 Å². The quantitative estimate of drug-likeness (QED) is 0.776. The molecule has 0 amide bonds. The number of hydrogen-bond donors (Lipinski definition) is 1. The van der Waals surface area contributed by atoms with Crippen LogP contribution in [-0.4, -0.2) is 17.7 Å². The van der Waals surface area contributed by atoms with Crippen LogP contribution < -0.4 is 4.74 Å². The molecule has 0 fully saturated rings. The Morgan fingerprint density at radius 1 is 1.38 bits per heavy atom. The molecule has 3 heteroatoms. The van der Waals surface area contributed by atoms with Gasteiger partial charge >= 0.3 is 5.97 Å². The number of carboxylic acid groups (broad SMARTS) is 1. The number of hydrogen-bond acceptors (Lipinski definition) is 2. The topological polar surface area (TPSA) is 46.5 Å². The molecule has 0 unspecified atom stereocenters. The molecule has 3 nitrogen and oxygen atoms in total. The summed E-state index contributed by atoms with van der Waals surface area (Å²) in [5.41, 5.74) is 1.19. The van der Waals surface area contributed by atoms with Crippen molar-refractivity contribution in [1.29, 1.82) is 0 Å². The van der Waals surface area contributed by atoms with Gasteiger partial charge in [0.2, 0.25) is 0 Å². The third kappa shape index (κ3) is 3.12. The number of carbonyl (C=O) groups is 1. The molecule has 16 heavy (non-hydrogen) atoms. The van der Waals surface area contributed by atoms with Crippen molar-refractivity contribution >= 4 is 12.0 Å². The Hall–Kier alpha value is -1.77. The zero-order valence-corrected chi connectivity index (χ0v) is 9.56. The number of ether oxygens (including phenoxy) is 1. The lowest BCUT2D eigenvalue weighted by molar-refractivity contribution is -0.132. The van der Waals surface area contributed by atoms with E-state index in [0.29, 0.717) is 18.6 Å². The summed E-state index contributed by atoms with van der Waals surface area (Å²) in [6.07, 6.45) is 2.16. The Kier molecular flexibility index (Phi) is 4.58. The summed E-state index contributed by atoms with van der Waals surface area (Å²) in [7, 11) is 0. The highest BCUT2D eigenvalue weighted by Crippen LogP contribution is 2.21. The van der Waals surface area contributed by atoms with Crippen LogP contribution in [0.2, 0.25) is 0 Å². The van der Waals surface area contributed by atoms with E-state index >= 15 is 0 Å². The first kappa shape index (κ1) is 12.3. The maximum Gasteiger partial charge on any atom is 0.331 e. The van der Waals surface area contributed by atoms with Gasteiger partial charge in [0.1, 0.15) is 5.75 Å². The van der Waals surface area contributed by atoms with Gasteiger partial charge in [0, 0.05) is 11.1 Å². The zero-order chi connectivity index (χ0) is 12.0. The molecule has 0 aliphatic heterocycles. The van der Waals surface area contributed by atoms with Crippen molar-refractivity contribution in [2.75, 3.05) is 6.61 Å². The largest absolute Gasteiger partial charge is 0.493 e. The number of benzene rings is 1. The van der Waals surface area contributed by atoms with Gasteiger partial charge in [0.05, 0.1) is 6.61 Å². The normalized spacial score (nSPS) is 11.2. The van der Waals surface area contributed by atoms with Crippen LogP contribution in [0.1, 0.15) is 25.8 Å². The Balaban J connectivity index is 3.07. The second-order valence-electron chi connectivity index (χ2n) is 3.30. The average molecular weight is 220 g/mol. The predicted molar refractivity (Wildman–Crippen MR) is 63.5 cm³/mol. The van der Waals surface area contributed by atoms with E-state index in [1.807, 2.05) is 38.1 Å². The molecule has 0 saturated heterocycles. The van der Waals surface area contributed by atoms with E-state index in [0.717, 1.165) is 11.3 Å². The average Bonchev–Trinajstić information content (AvgIpc) is 2.27. The molecule has 0 aliphatic carbocycles. The molecule has 1 rings (SSSR count). The molecule has 0 bridgehead atoms. The van der Waals surface area contributed by atoms with Crippen molar-refractivity contribution in [2.45, 2.75) is 20.3 Å². The monoisotopic (exact) mass is 220 g/mol. The van der Waals surface area contributed by atoms with E-state index in [4.69, 9.17) is 9.84 Å². The van der Waals surface area contributed by atoms with E-state index in [-0.39, 0.29) is 0 Å². The van der Waals surface area contributed by atoms with E-state index in [9.17, 15) is 4.79 Å². The van der Waals surface area contributed by atoms with Gasteiger partial charge in [-0.1, -0.05) is 25.1 Å². The highest BCUT2D eigenvalue weighted by molar-refractivity contribution is 5.92. The van der Waals surface area contributed by atoms with Crippen LogP contribution in [0.3, 0.4) is 0 Å². The van der Waals surface area contributed by atoms with Crippen molar-refractivity contribution in [3.63, 3.8) is 0 Å². The number of para-hydroxylation sites is 1. The number of aliphatic carboxylic acids is 1. The summed E-state index contributed by atoms with van der Waals surface area (Å²) in [4.78, 5) is 10.9. The standard InChI is InChI=1S/C13H16O3/c1-3-10(13(14)15)9-11-7-5-6-8-12(11)16-4-2/h5-9H,3-4H2,1-2H3,(H,14,15). The molecular weight excluding hydrogens is 204 g/mol. The van der Waals surface area contributed by atoms with Crippen molar-refractivity contribution in [1.82, 2.24) is 0 Å². The first-order valence-corrected chi connectivity index (χ1v) is 5.34. The van der Waals surface area contributed by atoms with Crippen LogP contribution in [0, 0.1) is 0 Å². The van der Waals surface area contributed by atoms with E-state index in [1.54, 1.807) is 6.08 Å². The maximum absolute atomic E-state index is 10.9. The highest BCUT2D eigenvalue weighted by atomic mass is 16.5. The lowest BCUT2D eigenvalue weighted by atomic mass is 10.1. The predicted octanol–water partition coefficient (Wildman–Crippen LogP) is 2.96. The summed E-state index contributed by atoms with van der Waals surface area (Å²) >= 11 is 0. The smallest absolute Gasteiger partial charge is 0.331 e. The van der Waals surface area contributed by atoms with Gasteiger partial charge in [-0.15, -0.1) is 0 Å². The summed E-state index contributed by atoms with van der Waals surface area (Å²) in [5, 5.41) is 8.95. The van der Waals surface area contributed by atoms with Gasteiger partial charge in [0.25, 0.3) is 0 Å². The van der Waals surface area contributed by atoms with E-state index < -0.39 is 5.97 Å². The minimum atomic E-state index is -0.881. The molecule has 0 aliphatic rings. The van der Waals surface area contributed by atoms with Crippen LogP contribution >= 0.6 is 0 Å². The number of rotatable bonds is 5. The Labute approximate surface area is 95.4 Å². The summed E-state index contributed by atoms with van der Waals surface area (Å²) < 4.78 is 5.42. The van der Waals surface area contributed by atoms with Crippen LogP contribution in [0.5, 0.6) is 5.75 Å². The Morgan fingerprint density at radius 2 is 2.06 bits per heavy atom. The Bertz CT molecular complexity index is 394. The minimum absolute atomic E-state index is 0.382. The van der Waals surface area contributed by atoms with Crippen LogP contribution in [0.4, 0.5) is 0 Å². The van der Waals surface area contributed by atoms with Crippen LogP contribution in [-0.2, 0) is 4.79 Å². The van der Waals surface area contributed by atoms with Gasteiger partial charge in [-0.3, -0.25) is 0 Å². The molecule has 0 aromatic heterocycles. The first-order valence-electron chi connectivity index (χ1n) is 5.34. The summed E-state index contributed by atoms with van der Waals surface area (Å²) in [6.45, 7) is 4.29. The second kappa shape index (κ2) is 5.95. The van der Waals surface area contributed by atoms with Gasteiger partial charge < -0.3 is 9.84 Å². The molecule has 0 heterocycles. The molecule has 0 spiro atoms. The molecule has 1 aromatic rings. The molecule has 0 saturated carbocycles. The summed E-state index contributed by atoms with van der Waals surface area (Å²) in [6, 6.07) is 7.42. The third-order valence-corrected chi connectivity index (χ3v) is 2.20. The van der Waals surface area contributed by atoms with Gasteiger partial charge in [-0.2, -0.15) is 0 Å². The molecule has 0 atom stereocenters. The minimum Gasteiger partial charge on any atom is -0.493 e. The van der Waals surface area contributed by atoms with Crippen molar-refractivity contribution in [3.05, 3.63) is 35.4 Å². The van der Waals surface area contributed by atoms with Crippen molar-refractivity contribution in [2.24, 2.45) is 0 Å². The van der Waals surface area contributed by atoms with Crippen LogP contribution in [0.25, 0.3) is 6.08 Å². The van der Waals surface area contributed by atoms with Gasteiger partial charge in [-0.05, 0) is 25.5 Å². The zero-order valence-electron chi connectivity index (χ0n) is 9.56. The highest BCUT2D eigenvalue weighted by Gasteiger charge is 2.06. The SMILES string of the molecule is CCOc1ccccc1C=C(CC)C(=O)O. The maximum atomic E-state index is 10.9. The molecule has 1 aromatic carbocycles.